The molecule has 2 aromatic heterocycles. The smallest absolute Gasteiger partial charge is 0.231 e. The normalized spacial score (nSPS) is 10.5. The van der Waals surface area contributed by atoms with Gasteiger partial charge in [-0.15, -0.1) is 0 Å². The van der Waals surface area contributed by atoms with Gasteiger partial charge in [0.1, 0.15) is 17.9 Å². The van der Waals surface area contributed by atoms with E-state index in [4.69, 9.17) is 14.6 Å². The third-order valence-electron chi connectivity index (χ3n) is 5.65. The number of methoxy groups -OCH3 is 2. The van der Waals surface area contributed by atoms with Crippen LogP contribution in [0.2, 0.25) is 0 Å². The molecular weight excluding hydrogens is 468 g/mol. The first-order valence-electron chi connectivity index (χ1n) is 11.8. The average Bonchev–Trinajstić information content (AvgIpc) is 3.54. The number of carbonyl (C=O) groups excluding carboxylic acids is 1. The maximum absolute atomic E-state index is 10.6. The van der Waals surface area contributed by atoms with E-state index in [0.29, 0.717) is 29.4 Å². The van der Waals surface area contributed by atoms with Gasteiger partial charge in [-0.05, 0) is 33.3 Å². The van der Waals surface area contributed by atoms with Crippen molar-refractivity contribution in [3.05, 3.63) is 72.1 Å². The molecular formula is C29H38N4O4. The SMILES string of the molecule is C.COc1cn(C(C)C)c(-c2ccc(C=O)cc2)n1.COc1cn(C(C)C)c(-c2ccc(CO)cc2)n1. The highest BCUT2D eigenvalue weighted by Crippen LogP contribution is 2.27. The standard InChI is InChI=1S/C14H18N2O2.C14H16N2O2.CH4/c2*1-10(2)16-8-13(18-3)15-14(16)12-6-4-11(9-17)5-7-12;/h4-8,10,17H,9H2,1-3H3;4-10H,1-3H3;1H4. The summed E-state index contributed by atoms with van der Waals surface area (Å²) in [6, 6.07) is 15.7. The minimum absolute atomic E-state index is 0. The van der Waals surface area contributed by atoms with Crippen LogP contribution in [0.5, 0.6) is 11.8 Å². The largest absolute Gasteiger partial charge is 0.480 e. The van der Waals surface area contributed by atoms with Crippen molar-refractivity contribution in [1.29, 1.82) is 0 Å². The van der Waals surface area contributed by atoms with Gasteiger partial charge < -0.3 is 23.7 Å². The minimum Gasteiger partial charge on any atom is -0.480 e. The number of hydrogen-bond donors (Lipinski definition) is 1. The third kappa shape index (κ3) is 7.07. The van der Waals surface area contributed by atoms with E-state index in [1.54, 1.807) is 26.4 Å². The molecule has 0 aliphatic carbocycles. The van der Waals surface area contributed by atoms with Crippen LogP contribution in [0.15, 0.2) is 60.9 Å². The Kier molecular flexibility index (Phi) is 10.6. The molecule has 4 aromatic rings. The molecule has 2 heterocycles. The van der Waals surface area contributed by atoms with Crippen LogP contribution in [0.3, 0.4) is 0 Å². The Balaban J connectivity index is 0.000000253. The van der Waals surface area contributed by atoms with E-state index in [1.807, 2.05) is 48.8 Å². The number of hydrogen-bond acceptors (Lipinski definition) is 6. The lowest BCUT2D eigenvalue weighted by atomic mass is 10.1. The van der Waals surface area contributed by atoms with Crippen molar-refractivity contribution >= 4 is 6.29 Å². The molecule has 0 atom stereocenters. The average molecular weight is 507 g/mol. The summed E-state index contributed by atoms with van der Waals surface area (Å²) in [5.74, 6) is 2.94. The molecule has 37 heavy (non-hydrogen) atoms. The fraction of sp³-hybridized carbons (Fsp3) is 0.345. The van der Waals surface area contributed by atoms with Gasteiger partial charge in [0.2, 0.25) is 11.8 Å². The van der Waals surface area contributed by atoms with Crippen molar-refractivity contribution in [3.8, 4) is 34.5 Å². The maximum atomic E-state index is 10.6. The van der Waals surface area contributed by atoms with Gasteiger partial charge in [-0.25, -0.2) is 0 Å². The fourth-order valence-electron chi connectivity index (χ4n) is 3.62. The van der Waals surface area contributed by atoms with E-state index in [2.05, 4.69) is 46.8 Å². The Morgan fingerprint density at radius 3 is 1.51 bits per heavy atom. The highest BCUT2D eigenvalue weighted by atomic mass is 16.5. The quantitative estimate of drug-likeness (QED) is 0.285. The fourth-order valence-corrected chi connectivity index (χ4v) is 3.62. The molecule has 0 unspecified atom stereocenters. The molecule has 2 aromatic carbocycles. The summed E-state index contributed by atoms with van der Waals surface area (Å²) in [5.41, 5.74) is 3.54. The van der Waals surface area contributed by atoms with Gasteiger partial charge in [-0.3, -0.25) is 4.79 Å². The predicted octanol–water partition coefficient (Wildman–Crippen LogP) is 6.22. The summed E-state index contributed by atoms with van der Waals surface area (Å²) in [7, 11) is 3.22. The van der Waals surface area contributed by atoms with Gasteiger partial charge in [0.05, 0.1) is 33.2 Å². The van der Waals surface area contributed by atoms with Crippen molar-refractivity contribution in [3.63, 3.8) is 0 Å². The molecule has 0 radical (unpaired) electrons. The first-order valence-corrected chi connectivity index (χ1v) is 11.8. The van der Waals surface area contributed by atoms with Crippen LogP contribution in [0.4, 0.5) is 0 Å². The molecule has 0 saturated heterocycles. The summed E-state index contributed by atoms with van der Waals surface area (Å²) < 4.78 is 14.5. The zero-order chi connectivity index (χ0) is 26.2. The lowest BCUT2D eigenvalue weighted by Crippen LogP contribution is -2.01. The molecule has 0 aliphatic rings. The highest BCUT2D eigenvalue weighted by molar-refractivity contribution is 5.76. The lowest BCUT2D eigenvalue weighted by Gasteiger charge is -2.11. The number of nitrogens with zero attached hydrogens (tertiary/aromatic N) is 4. The molecule has 0 bridgehead atoms. The van der Waals surface area contributed by atoms with E-state index >= 15 is 0 Å². The van der Waals surface area contributed by atoms with Crippen LogP contribution in [0, 0.1) is 0 Å². The number of imidazole rings is 2. The van der Waals surface area contributed by atoms with Crippen LogP contribution in [-0.4, -0.2) is 44.7 Å². The molecule has 0 fully saturated rings. The van der Waals surface area contributed by atoms with Crippen LogP contribution >= 0.6 is 0 Å². The Morgan fingerprint density at radius 2 is 1.19 bits per heavy atom. The van der Waals surface area contributed by atoms with E-state index < -0.39 is 0 Å². The van der Waals surface area contributed by atoms with Crippen molar-refractivity contribution in [2.45, 2.75) is 53.8 Å². The number of carbonyl (C=O) groups is 1. The van der Waals surface area contributed by atoms with Crippen LogP contribution < -0.4 is 9.47 Å². The highest BCUT2D eigenvalue weighted by Gasteiger charge is 2.13. The molecule has 0 aliphatic heterocycles. The number of aliphatic hydroxyl groups excluding tert-OH is 1. The van der Waals surface area contributed by atoms with Crippen LogP contribution in [0.25, 0.3) is 22.8 Å². The van der Waals surface area contributed by atoms with Crippen molar-refractivity contribution in [1.82, 2.24) is 19.1 Å². The first kappa shape index (κ1) is 29.3. The summed E-state index contributed by atoms with van der Waals surface area (Å²) >= 11 is 0. The van der Waals surface area contributed by atoms with Crippen LogP contribution in [0.1, 0.15) is 63.1 Å². The number of ether oxygens (including phenoxy) is 2. The first-order chi connectivity index (χ1) is 17.3. The Hall–Kier alpha value is -3.91. The molecule has 0 amide bonds. The van der Waals surface area contributed by atoms with Crippen molar-refractivity contribution in [2.24, 2.45) is 0 Å². The number of aldehydes is 1. The van der Waals surface area contributed by atoms with E-state index in [1.165, 1.54) is 0 Å². The summed E-state index contributed by atoms with van der Waals surface area (Å²) in [6.45, 7) is 8.44. The van der Waals surface area contributed by atoms with Gasteiger partial charge in [-0.1, -0.05) is 56.0 Å². The van der Waals surface area contributed by atoms with Crippen LogP contribution in [-0.2, 0) is 6.61 Å². The molecule has 1 N–H and O–H groups in total. The van der Waals surface area contributed by atoms with E-state index in [-0.39, 0.29) is 14.0 Å². The topological polar surface area (TPSA) is 91.4 Å². The minimum atomic E-state index is 0. The second-order valence-electron chi connectivity index (χ2n) is 8.81. The maximum Gasteiger partial charge on any atom is 0.231 e. The summed E-state index contributed by atoms with van der Waals surface area (Å²) in [5, 5.41) is 9.04. The van der Waals surface area contributed by atoms with Gasteiger partial charge in [0.25, 0.3) is 0 Å². The van der Waals surface area contributed by atoms with Crippen molar-refractivity contribution < 1.29 is 19.4 Å². The zero-order valence-corrected chi connectivity index (χ0v) is 21.7. The molecule has 0 saturated carbocycles. The Bertz CT molecular complexity index is 1260. The monoisotopic (exact) mass is 506 g/mol. The van der Waals surface area contributed by atoms with E-state index in [0.717, 1.165) is 34.6 Å². The second kappa shape index (κ2) is 13.4. The third-order valence-corrected chi connectivity index (χ3v) is 5.65. The number of aromatic nitrogens is 4. The number of benzene rings is 2. The molecule has 4 rings (SSSR count). The predicted molar refractivity (Wildman–Crippen MR) is 147 cm³/mol. The van der Waals surface area contributed by atoms with Gasteiger partial charge in [0.15, 0.2) is 0 Å². The zero-order valence-electron chi connectivity index (χ0n) is 21.7. The second-order valence-corrected chi connectivity index (χ2v) is 8.81. The summed E-state index contributed by atoms with van der Waals surface area (Å²) in [6.07, 6.45) is 4.62. The molecule has 8 nitrogen and oxygen atoms in total. The molecule has 8 heteroatoms. The van der Waals surface area contributed by atoms with Crippen molar-refractivity contribution in [2.75, 3.05) is 14.2 Å². The van der Waals surface area contributed by atoms with Gasteiger partial charge in [-0.2, -0.15) is 9.97 Å². The lowest BCUT2D eigenvalue weighted by molar-refractivity contribution is 0.112. The number of aliphatic hydroxyl groups is 1. The molecule has 198 valence electrons. The van der Waals surface area contributed by atoms with Gasteiger partial charge >= 0.3 is 0 Å². The number of rotatable bonds is 8. The van der Waals surface area contributed by atoms with Gasteiger partial charge in [0, 0.05) is 28.8 Å². The molecule has 0 spiro atoms. The summed E-state index contributed by atoms with van der Waals surface area (Å²) in [4.78, 5) is 19.5. The Labute approximate surface area is 219 Å². The Morgan fingerprint density at radius 1 is 0.784 bits per heavy atom. The van der Waals surface area contributed by atoms with E-state index in [9.17, 15) is 4.79 Å².